The van der Waals surface area contributed by atoms with E-state index >= 15 is 0 Å². The van der Waals surface area contributed by atoms with Crippen molar-refractivity contribution in [2.45, 2.75) is 0 Å². The van der Waals surface area contributed by atoms with E-state index in [2.05, 4.69) is 0 Å². The van der Waals surface area contributed by atoms with Crippen molar-refractivity contribution in [1.82, 2.24) is 0 Å². The van der Waals surface area contributed by atoms with Gasteiger partial charge in [-0.1, -0.05) is 0 Å². The standard InChI is InChI=1S/Al.Fe.3H2O.3H/h;;3*1H2;;;. The number of hydrogen-bond acceptors (Lipinski definition) is 0. The molecule has 5 heavy (non-hydrogen) atoms. The summed E-state index contributed by atoms with van der Waals surface area (Å²) in [5, 5.41) is 0. The van der Waals surface area contributed by atoms with E-state index in [1.165, 1.54) is 0 Å². The fraction of sp³-hybridized carbons (Fsp3) is 0. The molecular weight excluding hydrogens is 131 g/mol. The van der Waals surface area contributed by atoms with E-state index < -0.39 is 0 Å². The molecule has 0 saturated carbocycles. The van der Waals surface area contributed by atoms with Crippen LogP contribution in [-0.2, 0) is 17.1 Å². The first kappa shape index (κ1) is 166. The van der Waals surface area contributed by atoms with Crippen LogP contribution in [0.25, 0.3) is 0 Å². The Kier molecular flexibility index (Phi) is 2920. The van der Waals surface area contributed by atoms with E-state index in [9.17, 15) is 0 Å². The molecule has 0 amide bonds. The quantitative estimate of drug-likeness (QED) is 0.310. The Morgan fingerprint density at radius 3 is 0.600 bits per heavy atom. The first-order valence-electron chi connectivity index (χ1n) is 0. The van der Waals surface area contributed by atoms with E-state index in [1.807, 2.05) is 0 Å². The van der Waals surface area contributed by atoms with E-state index in [0.29, 0.717) is 0 Å². The second kappa shape index (κ2) is 87.8. The van der Waals surface area contributed by atoms with Gasteiger partial charge in [0.2, 0.25) is 0 Å². The van der Waals surface area contributed by atoms with Gasteiger partial charge >= 0.3 is 0 Å². The average molecular weight is 140 g/mol. The molecule has 0 radical (unpaired) electrons. The molecule has 0 aromatic rings. The zero-order chi connectivity index (χ0) is 0. The van der Waals surface area contributed by atoms with Crippen LogP contribution >= 0.6 is 0 Å². The monoisotopic (exact) mass is 140 g/mol. The second-order valence-corrected chi connectivity index (χ2v) is 0. The molecule has 0 aromatic heterocycles. The minimum absolute atomic E-state index is 0. The van der Waals surface area contributed by atoms with Crippen LogP contribution in [0.5, 0.6) is 0 Å². The van der Waals surface area contributed by atoms with Crippen LogP contribution in [0.3, 0.4) is 0 Å². The normalized spacial score (nSPS) is 0. The van der Waals surface area contributed by atoms with Gasteiger partial charge in [0.15, 0.2) is 17.4 Å². The SMILES string of the molecule is O.O.O.[AlH3].[Fe]. The maximum absolute atomic E-state index is 0. The molecule has 0 spiro atoms. The van der Waals surface area contributed by atoms with Crippen LogP contribution in [0.15, 0.2) is 0 Å². The van der Waals surface area contributed by atoms with Gasteiger partial charge in [0.25, 0.3) is 0 Å². The van der Waals surface area contributed by atoms with Gasteiger partial charge in [-0.05, 0) is 0 Å². The molecule has 0 atom stereocenters. The predicted molar refractivity (Wildman–Crippen MR) is 20.8 cm³/mol. The molecular formula is H9AlFeO3. The van der Waals surface area contributed by atoms with Gasteiger partial charge in [-0.2, -0.15) is 0 Å². The van der Waals surface area contributed by atoms with Crippen LogP contribution in [0.1, 0.15) is 0 Å². The smallest absolute Gasteiger partial charge is 0.187 e. The third-order valence-electron chi connectivity index (χ3n) is 0. The van der Waals surface area contributed by atoms with Crippen molar-refractivity contribution in [2.75, 3.05) is 0 Å². The van der Waals surface area contributed by atoms with Gasteiger partial charge < -0.3 is 16.4 Å². The molecule has 0 heterocycles. The van der Waals surface area contributed by atoms with Gasteiger partial charge in [-0.3, -0.25) is 0 Å². The molecule has 0 aliphatic rings. The Hall–Kier alpha value is 0.932. The first-order valence-corrected chi connectivity index (χ1v) is 0. The topological polar surface area (TPSA) is 94.5 Å². The molecule has 3 nitrogen and oxygen atoms in total. The Balaban J connectivity index is 0. The van der Waals surface area contributed by atoms with Crippen LogP contribution in [0, 0.1) is 0 Å². The summed E-state index contributed by atoms with van der Waals surface area (Å²) in [5.74, 6) is 0. The van der Waals surface area contributed by atoms with Crippen LogP contribution in [0.4, 0.5) is 0 Å². The molecule has 0 bridgehead atoms. The number of hydrogen-bond donors (Lipinski definition) is 0. The largest absolute Gasteiger partial charge is 0.412 e. The van der Waals surface area contributed by atoms with Gasteiger partial charge in [0, 0.05) is 17.1 Å². The van der Waals surface area contributed by atoms with Gasteiger partial charge in [-0.25, -0.2) is 0 Å². The van der Waals surface area contributed by atoms with Crippen molar-refractivity contribution in [1.29, 1.82) is 0 Å². The summed E-state index contributed by atoms with van der Waals surface area (Å²) in [4.78, 5) is 0. The van der Waals surface area contributed by atoms with Gasteiger partial charge in [0.1, 0.15) is 0 Å². The molecule has 0 saturated heterocycles. The Bertz CT molecular complexity index is 6.85. The third kappa shape index (κ3) is 48.8. The van der Waals surface area contributed by atoms with E-state index in [0.717, 1.165) is 0 Å². The summed E-state index contributed by atoms with van der Waals surface area (Å²) in [6, 6.07) is 0. The van der Waals surface area contributed by atoms with Crippen LogP contribution < -0.4 is 0 Å². The van der Waals surface area contributed by atoms with E-state index in [1.54, 1.807) is 0 Å². The summed E-state index contributed by atoms with van der Waals surface area (Å²) in [5.41, 5.74) is 0. The summed E-state index contributed by atoms with van der Waals surface area (Å²) in [6.45, 7) is 0. The van der Waals surface area contributed by atoms with Crippen molar-refractivity contribution in [3.8, 4) is 0 Å². The van der Waals surface area contributed by atoms with E-state index in [4.69, 9.17) is 0 Å². The van der Waals surface area contributed by atoms with E-state index in [-0.39, 0.29) is 50.9 Å². The zero-order valence-electron chi connectivity index (χ0n) is 1.85. The maximum atomic E-state index is 0. The molecule has 0 unspecified atom stereocenters. The molecule has 5 heteroatoms. The zero-order valence-corrected chi connectivity index (χ0v) is 2.96. The van der Waals surface area contributed by atoms with Crippen molar-refractivity contribution in [3.05, 3.63) is 0 Å². The predicted octanol–water partition coefficient (Wildman–Crippen LogP) is -3.66. The Labute approximate surface area is 51.3 Å². The minimum atomic E-state index is 0. The maximum Gasteiger partial charge on any atom is 0.187 e. The molecule has 38 valence electrons. The minimum Gasteiger partial charge on any atom is -0.412 e. The Morgan fingerprint density at radius 1 is 0.600 bits per heavy atom. The number of rotatable bonds is 0. The average Bonchev–Trinajstić information content (AvgIpc) is 0. The fourth-order valence-electron chi connectivity index (χ4n) is 0. The molecule has 0 aliphatic heterocycles. The second-order valence-electron chi connectivity index (χ2n) is 0. The van der Waals surface area contributed by atoms with Crippen LogP contribution in [0.2, 0.25) is 0 Å². The van der Waals surface area contributed by atoms with Crippen molar-refractivity contribution >= 4 is 17.4 Å². The fourth-order valence-corrected chi connectivity index (χ4v) is 0. The Morgan fingerprint density at radius 2 is 0.600 bits per heavy atom. The summed E-state index contributed by atoms with van der Waals surface area (Å²) in [6.07, 6.45) is 0. The van der Waals surface area contributed by atoms with Gasteiger partial charge in [0.05, 0.1) is 0 Å². The molecule has 0 aliphatic carbocycles. The summed E-state index contributed by atoms with van der Waals surface area (Å²) >= 11 is 0. The molecule has 0 aromatic carbocycles. The van der Waals surface area contributed by atoms with Gasteiger partial charge in [-0.15, -0.1) is 0 Å². The molecule has 0 rings (SSSR count). The summed E-state index contributed by atoms with van der Waals surface area (Å²) < 4.78 is 0. The molecule has 0 fully saturated rings. The van der Waals surface area contributed by atoms with Crippen molar-refractivity contribution in [2.24, 2.45) is 0 Å². The van der Waals surface area contributed by atoms with Crippen LogP contribution in [-0.4, -0.2) is 33.8 Å². The van der Waals surface area contributed by atoms with Crippen molar-refractivity contribution in [3.63, 3.8) is 0 Å². The van der Waals surface area contributed by atoms with Crippen molar-refractivity contribution < 1.29 is 33.5 Å². The third-order valence-corrected chi connectivity index (χ3v) is 0. The first-order chi connectivity index (χ1) is 0. The molecule has 6 N–H and O–H groups in total. The summed E-state index contributed by atoms with van der Waals surface area (Å²) in [7, 11) is 0.